The first-order valence-electron chi connectivity index (χ1n) is 4.73. The van der Waals surface area contributed by atoms with Crippen LogP contribution in [0.15, 0.2) is 11.6 Å². The molecule has 0 radical (unpaired) electrons. The molecule has 1 aromatic rings. The molecule has 0 aliphatic rings. The van der Waals surface area contributed by atoms with E-state index >= 15 is 0 Å². The van der Waals surface area contributed by atoms with Crippen LogP contribution >= 0.6 is 23.6 Å². The van der Waals surface area contributed by atoms with Crippen LogP contribution in [0.1, 0.15) is 24.8 Å². The average molecular weight is 229 g/mol. The molecule has 1 heterocycles. The molecule has 1 aromatic heterocycles. The van der Waals surface area contributed by atoms with Crippen molar-refractivity contribution >= 4 is 28.7 Å². The molecule has 0 aliphatic carbocycles. The Hall–Kier alpha value is -0.680. The number of unbranched alkanes of at least 4 members (excludes halogenated alkanes) is 1. The highest BCUT2D eigenvalue weighted by Gasteiger charge is 1.96. The maximum Gasteiger partial charge on any atom is 0.166 e. The van der Waals surface area contributed by atoms with Gasteiger partial charge in [-0.3, -0.25) is 0 Å². The number of thiazole rings is 1. The first-order chi connectivity index (χ1) is 6.83. The van der Waals surface area contributed by atoms with E-state index in [0.717, 1.165) is 24.5 Å². The summed E-state index contributed by atoms with van der Waals surface area (Å²) in [5, 5.41) is 9.99. The summed E-state index contributed by atoms with van der Waals surface area (Å²) >= 11 is 6.73. The van der Waals surface area contributed by atoms with Gasteiger partial charge in [-0.1, -0.05) is 13.3 Å². The number of nitrogens with one attached hydrogen (secondary N) is 2. The lowest BCUT2D eigenvalue weighted by Crippen LogP contribution is -2.35. The minimum Gasteiger partial charge on any atom is -0.363 e. The van der Waals surface area contributed by atoms with Gasteiger partial charge < -0.3 is 10.6 Å². The van der Waals surface area contributed by atoms with Gasteiger partial charge in [-0.25, -0.2) is 4.98 Å². The van der Waals surface area contributed by atoms with Crippen LogP contribution in [0, 0.1) is 0 Å². The molecule has 0 aromatic carbocycles. The molecule has 0 saturated heterocycles. The molecule has 2 N–H and O–H groups in total. The maximum absolute atomic E-state index is 5.10. The summed E-state index contributed by atoms with van der Waals surface area (Å²) in [7, 11) is 0. The average Bonchev–Trinajstić information content (AvgIpc) is 2.68. The van der Waals surface area contributed by atoms with Gasteiger partial charge in [0, 0.05) is 18.1 Å². The lowest BCUT2D eigenvalue weighted by Gasteiger charge is -2.08. The van der Waals surface area contributed by atoms with Crippen molar-refractivity contribution in [2.45, 2.75) is 26.3 Å². The second-order valence-corrected chi connectivity index (χ2v) is 4.28. The molecule has 78 valence electrons. The van der Waals surface area contributed by atoms with Crippen LogP contribution in [-0.4, -0.2) is 16.6 Å². The largest absolute Gasteiger partial charge is 0.363 e. The standard InChI is InChI=1S/C9H15N3S2/c1-2-3-4-11-9(13)12-7-8-10-5-6-14-8/h5-6H,2-4,7H2,1H3,(H2,11,12,13). The highest BCUT2D eigenvalue weighted by Crippen LogP contribution is 2.02. The van der Waals surface area contributed by atoms with Crippen LogP contribution < -0.4 is 10.6 Å². The highest BCUT2D eigenvalue weighted by atomic mass is 32.1. The van der Waals surface area contributed by atoms with E-state index in [1.807, 2.05) is 5.38 Å². The maximum atomic E-state index is 5.10. The first kappa shape index (κ1) is 11.4. The van der Waals surface area contributed by atoms with E-state index in [0.29, 0.717) is 5.11 Å². The Balaban J connectivity index is 2.09. The number of aromatic nitrogens is 1. The molecule has 0 amide bonds. The summed E-state index contributed by atoms with van der Waals surface area (Å²) < 4.78 is 0. The minimum atomic E-state index is 0.716. The summed E-state index contributed by atoms with van der Waals surface area (Å²) in [6.07, 6.45) is 4.14. The molecule has 0 bridgehead atoms. The summed E-state index contributed by atoms with van der Waals surface area (Å²) in [5.41, 5.74) is 0. The number of hydrogen-bond donors (Lipinski definition) is 2. The smallest absolute Gasteiger partial charge is 0.166 e. The summed E-state index contributed by atoms with van der Waals surface area (Å²) in [6.45, 7) is 3.82. The van der Waals surface area contributed by atoms with Gasteiger partial charge in [-0.05, 0) is 18.6 Å². The predicted octanol–water partition coefficient (Wildman–Crippen LogP) is 1.91. The fraction of sp³-hybridized carbons (Fsp3) is 0.556. The summed E-state index contributed by atoms with van der Waals surface area (Å²) in [6, 6.07) is 0. The number of rotatable bonds is 5. The lowest BCUT2D eigenvalue weighted by molar-refractivity contribution is 0.738. The Bertz CT molecular complexity index is 259. The fourth-order valence-corrected chi connectivity index (χ4v) is 1.67. The quantitative estimate of drug-likeness (QED) is 0.597. The molecule has 0 fully saturated rings. The normalized spacial score (nSPS) is 9.79. The van der Waals surface area contributed by atoms with Crippen molar-refractivity contribution in [3.8, 4) is 0 Å². The number of nitrogens with zero attached hydrogens (tertiary/aromatic N) is 1. The Morgan fingerprint density at radius 3 is 3.07 bits per heavy atom. The second-order valence-electron chi connectivity index (χ2n) is 2.89. The Labute approximate surface area is 93.9 Å². The third kappa shape index (κ3) is 4.53. The molecule has 0 saturated carbocycles. The van der Waals surface area contributed by atoms with Crippen LogP contribution in [-0.2, 0) is 6.54 Å². The number of hydrogen-bond acceptors (Lipinski definition) is 3. The molecule has 0 unspecified atom stereocenters. The zero-order valence-corrected chi connectivity index (χ0v) is 9.88. The van der Waals surface area contributed by atoms with E-state index in [1.54, 1.807) is 17.5 Å². The van der Waals surface area contributed by atoms with Crippen LogP contribution in [0.25, 0.3) is 0 Å². The van der Waals surface area contributed by atoms with Gasteiger partial charge >= 0.3 is 0 Å². The van der Waals surface area contributed by atoms with Crippen LogP contribution in [0.2, 0.25) is 0 Å². The summed E-state index contributed by atoms with van der Waals surface area (Å²) in [4.78, 5) is 4.15. The molecule has 0 aliphatic heterocycles. The van der Waals surface area contributed by atoms with E-state index in [1.165, 1.54) is 6.42 Å². The van der Waals surface area contributed by atoms with Crippen molar-refractivity contribution in [1.29, 1.82) is 0 Å². The monoisotopic (exact) mass is 229 g/mol. The summed E-state index contributed by atoms with van der Waals surface area (Å²) in [5.74, 6) is 0. The van der Waals surface area contributed by atoms with E-state index in [-0.39, 0.29) is 0 Å². The molecular formula is C9H15N3S2. The van der Waals surface area contributed by atoms with Gasteiger partial charge in [0.05, 0.1) is 6.54 Å². The fourth-order valence-electron chi connectivity index (χ4n) is 0.937. The number of thiocarbonyl (C=S) groups is 1. The SMILES string of the molecule is CCCCNC(=S)NCc1nccs1. The predicted molar refractivity (Wildman–Crippen MR) is 64.5 cm³/mol. The third-order valence-electron chi connectivity index (χ3n) is 1.70. The molecule has 0 atom stereocenters. The van der Waals surface area contributed by atoms with Crippen molar-refractivity contribution in [2.75, 3.05) is 6.54 Å². The minimum absolute atomic E-state index is 0.716. The Kier molecular flexibility index (Phi) is 5.47. The van der Waals surface area contributed by atoms with Gasteiger partial charge in [0.1, 0.15) is 5.01 Å². The molecule has 14 heavy (non-hydrogen) atoms. The van der Waals surface area contributed by atoms with Crippen LogP contribution in [0.3, 0.4) is 0 Å². The van der Waals surface area contributed by atoms with Gasteiger partial charge in [0.2, 0.25) is 0 Å². The van der Waals surface area contributed by atoms with E-state index in [2.05, 4.69) is 22.5 Å². The van der Waals surface area contributed by atoms with Gasteiger partial charge in [0.25, 0.3) is 0 Å². The molecule has 0 spiro atoms. The van der Waals surface area contributed by atoms with Crippen molar-refractivity contribution in [2.24, 2.45) is 0 Å². The third-order valence-corrected chi connectivity index (χ3v) is 2.77. The highest BCUT2D eigenvalue weighted by molar-refractivity contribution is 7.80. The zero-order chi connectivity index (χ0) is 10.2. The van der Waals surface area contributed by atoms with Crippen molar-refractivity contribution < 1.29 is 0 Å². The zero-order valence-electron chi connectivity index (χ0n) is 8.25. The second kappa shape index (κ2) is 6.73. The van der Waals surface area contributed by atoms with E-state index in [9.17, 15) is 0 Å². The Morgan fingerprint density at radius 1 is 1.57 bits per heavy atom. The molecule has 1 rings (SSSR count). The van der Waals surface area contributed by atoms with E-state index < -0.39 is 0 Å². The van der Waals surface area contributed by atoms with Gasteiger partial charge in [-0.15, -0.1) is 11.3 Å². The topological polar surface area (TPSA) is 37.0 Å². The Morgan fingerprint density at radius 2 is 2.43 bits per heavy atom. The molecule has 5 heteroatoms. The van der Waals surface area contributed by atoms with Crippen LogP contribution in [0.5, 0.6) is 0 Å². The van der Waals surface area contributed by atoms with Gasteiger partial charge in [0.15, 0.2) is 5.11 Å². The molecular weight excluding hydrogens is 214 g/mol. The molecule has 3 nitrogen and oxygen atoms in total. The van der Waals surface area contributed by atoms with E-state index in [4.69, 9.17) is 12.2 Å². The first-order valence-corrected chi connectivity index (χ1v) is 6.01. The van der Waals surface area contributed by atoms with Crippen molar-refractivity contribution in [3.63, 3.8) is 0 Å². The lowest BCUT2D eigenvalue weighted by atomic mass is 10.3. The van der Waals surface area contributed by atoms with Crippen LogP contribution in [0.4, 0.5) is 0 Å². The van der Waals surface area contributed by atoms with Crippen molar-refractivity contribution in [3.05, 3.63) is 16.6 Å². The van der Waals surface area contributed by atoms with Gasteiger partial charge in [-0.2, -0.15) is 0 Å². The van der Waals surface area contributed by atoms with Crippen molar-refractivity contribution in [1.82, 2.24) is 15.6 Å².